The molecule has 18 heavy (non-hydrogen) atoms. The first kappa shape index (κ1) is 16.9. The fourth-order valence-corrected chi connectivity index (χ4v) is 1.37. The molecule has 0 saturated carbocycles. The van der Waals surface area contributed by atoms with Gasteiger partial charge in [0.1, 0.15) is 0 Å². The summed E-state index contributed by atoms with van der Waals surface area (Å²) in [6, 6.07) is 0. The minimum Gasteiger partial charge on any atom is -0.378 e. The number of nitrogens with one attached hydrogen (secondary N) is 1. The first-order valence-corrected chi connectivity index (χ1v) is 6.01. The first-order chi connectivity index (χ1) is 8.39. The number of carbonyl (C=O) groups is 2. The van der Waals surface area contributed by atoms with E-state index in [1.54, 1.807) is 0 Å². The average Bonchev–Trinajstić information content (AvgIpc) is 2.24. The third-order valence-corrected chi connectivity index (χ3v) is 2.52. The summed E-state index contributed by atoms with van der Waals surface area (Å²) < 4.78 is 10.6. The summed E-state index contributed by atoms with van der Waals surface area (Å²) >= 11 is 0. The van der Waals surface area contributed by atoms with Crippen molar-refractivity contribution in [3.8, 4) is 0 Å². The highest BCUT2D eigenvalue weighted by Crippen LogP contribution is 2.25. The molecule has 1 atom stereocenters. The van der Waals surface area contributed by atoms with Gasteiger partial charge in [0.2, 0.25) is 12.3 Å². The van der Waals surface area contributed by atoms with Gasteiger partial charge >= 0.3 is 0 Å². The summed E-state index contributed by atoms with van der Waals surface area (Å²) in [6.07, 6.45) is 0.626. The maximum Gasteiger partial charge on any atom is 0.223 e. The Bertz CT molecular complexity index is 251. The third kappa shape index (κ3) is 8.03. The van der Waals surface area contributed by atoms with Crippen molar-refractivity contribution in [3.63, 3.8) is 0 Å². The lowest BCUT2D eigenvalue weighted by atomic mass is 9.81. The van der Waals surface area contributed by atoms with Gasteiger partial charge in [0, 0.05) is 6.54 Å². The molecule has 0 heterocycles. The molecule has 0 aliphatic rings. The van der Waals surface area contributed by atoms with Crippen molar-refractivity contribution in [2.75, 3.05) is 33.0 Å². The van der Waals surface area contributed by atoms with Gasteiger partial charge in [0.05, 0.1) is 32.3 Å². The van der Waals surface area contributed by atoms with Crippen LogP contribution in [0.3, 0.4) is 0 Å². The molecule has 0 spiro atoms. The van der Waals surface area contributed by atoms with Gasteiger partial charge in [-0.15, -0.1) is 0 Å². The van der Waals surface area contributed by atoms with E-state index in [1.165, 1.54) is 0 Å². The van der Waals surface area contributed by atoms with Crippen LogP contribution in [0.1, 0.15) is 20.8 Å². The smallest absolute Gasteiger partial charge is 0.223 e. The van der Waals surface area contributed by atoms with E-state index >= 15 is 0 Å². The standard InChI is InChI=1S/C12H24N2O4/c1-12(2,3)10(11(13)16)8-18-7-6-17-5-4-14-9-15/h9-10H,4-8H2,1-3H3,(H2,13,16)(H,14,15). The van der Waals surface area contributed by atoms with Crippen LogP contribution in [-0.2, 0) is 19.1 Å². The summed E-state index contributed by atoms with van der Waals surface area (Å²) in [5, 5.41) is 2.48. The van der Waals surface area contributed by atoms with Crippen LogP contribution in [0.25, 0.3) is 0 Å². The Hall–Kier alpha value is -1.14. The molecule has 6 nitrogen and oxygen atoms in total. The Kier molecular flexibility index (Phi) is 8.32. The summed E-state index contributed by atoms with van der Waals surface area (Å²) in [7, 11) is 0. The highest BCUT2D eigenvalue weighted by atomic mass is 16.5. The van der Waals surface area contributed by atoms with Crippen LogP contribution in [0.5, 0.6) is 0 Å². The largest absolute Gasteiger partial charge is 0.378 e. The van der Waals surface area contributed by atoms with Crippen molar-refractivity contribution in [2.24, 2.45) is 17.1 Å². The van der Waals surface area contributed by atoms with Crippen LogP contribution in [0, 0.1) is 11.3 Å². The molecule has 3 N–H and O–H groups in total. The van der Waals surface area contributed by atoms with Crippen LogP contribution < -0.4 is 11.1 Å². The monoisotopic (exact) mass is 260 g/mol. The van der Waals surface area contributed by atoms with E-state index in [4.69, 9.17) is 15.2 Å². The van der Waals surface area contributed by atoms with Gasteiger partial charge in [-0.1, -0.05) is 20.8 Å². The highest BCUT2D eigenvalue weighted by Gasteiger charge is 2.29. The summed E-state index contributed by atoms with van der Waals surface area (Å²) in [6.45, 7) is 7.91. The van der Waals surface area contributed by atoms with Crippen LogP contribution in [0.15, 0.2) is 0 Å². The zero-order valence-corrected chi connectivity index (χ0v) is 11.4. The van der Waals surface area contributed by atoms with Crippen molar-refractivity contribution in [1.82, 2.24) is 5.32 Å². The molecule has 0 rings (SSSR count). The van der Waals surface area contributed by atoms with Crippen LogP contribution in [0.4, 0.5) is 0 Å². The lowest BCUT2D eigenvalue weighted by molar-refractivity contribution is -0.128. The third-order valence-electron chi connectivity index (χ3n) is 2.52. The molecule has 2 amide bonds. The quantitative estimate of drug-likeness (QED) is 0.424. The molecule has 0 aromatic heterocycles. The van der Waals surface area contributed by atoms with E-state index in [2.05, 4.69) is 5.32 Å². The first-order valence-electron chi connectivity index (χ1n) is 6.01. The van der Waals surface area contributed by atoms with Gasteiger partial charge in [-0.25, -0.2) is 0 Å². The Balaban J connectivity index is 3.63. The number of hydrogen-bond donors (Lipinski definition) is 2. The van der Waals surface area contributed by atoms with Crippen molar-refractivity contribution in [1.29, 1.82) is 0 Å². The van der Waals surface area contributed by atoms with Gasteiger partial charge in [-0.2, -0.15) is 0 Å². The molecule has 0 saturated heterocycles. The summed E-state index contributed by atoms with van der Waals surface area (Å²) in [4.78, 5) is 21.2. The fraction of sp³-hybridized carbons (Fsp3) is 0.833. The van der Waals surface area contributed by atoms with Crippen molar-refractivity contribution in [2.45, 2.75) is 20.8 Å². The lowest BCUT2D eigenvalue weighted by Gasteiger charge is -2.27. The van der Waals surface area contributed by atoms with Crippen LogP contribution in [-0.4, -0.2) is 45.3 Å². The zero-order chi connectivity index (χ0) is 14.0. The van der Waals surface area contributed by atoms with E-state index in [-0.39, 0.29) is 17.2 Å². The van der Waals surface area contributed by atoms with E-state index in [0.717, 1.165) is 0 Å². The number of nitrogens with two attached hydrogens (primary N) is 1. The van der Waals surface area contributed by atoms with Gasteiger partial charge < -0.3 is 20.5 Å². The van der Waals surface area contributed by atoms with Gasteiger partial charge in [-0.05, 0) is 5.41 Å². The molecular formula is C12H24N2O4. The Morgan fingerprint density at radius 1 is 1.28 bits per heavy atom. The Labute approximate surface area is 108 Å². The van der Waals surface area contributed by atoms with Crippen LogP contribution >= 0.6 is 0 Å². The number of amides is 2. The molecule has 0 fully saturated rings. The second-order valence-corrected chi connectivity index (χ2v) is 5.08. The number of primary amides is 1. The minimum atomic E-state index is -0.349. The molecule has 0 radical (unpaired) electrons. The number of rotatable bonds is 10. The predicted molar refractivity (Wildman–Crippen MR) is 67.8 cm³/mol. The second-order valence-electron chi connectivity index (χ2n) is 5.08. The van der Waals surface area contributed by atoms with Crippen LogP contribution in [0.2, 0.25) is 0 Å². The zero-order valence-electron chi connectivity index (χ0n) is 11.4. The molecule has 0 aliphatic carbocycles. The normalized spacial score (nSPS) is 13.1. The number of carbonyl (C=O) groups excluding carboxylic acids is 2. The molecule has 0 aromatic rings. The number of hydrogen-bond acceptors (Lipinski definition) is 4. The molecule has 0 bridgehead atoms. The topological polar surface area (TPSA) is 90.7 Å². The van der Waals surface area contributed by atoms with E-state index in [0.29, 0.717) is 39.4 Å². The van der Waals surface area contributed by atoms with Gasteiger partial charge in [0.25, 0.3) is 0 Å². The highest BCUT2D eigenvalue weighted by molar-refractivity contribution is 5.77. The summed E-state index contributed by atoms with van der Waals surface area (Å²) in [5.74, 6) is -0.659. The van der Waals surface area contributed by atoms with E-state index in [9.17, 15) is 9.59 Å². The van der Waals surface area contributed by atoms with Gasteiger partial charge in [-0.3, -0.25) is 9.59 Å². The maximum absolute atomic E-state index is 11.3. The Morgan fingerprint density at radius 3 is 2.39 bits per heavy atom. The van der Waals surface area contributed by atoms with Gasteiger partial charge in [0.15, 0.2) is 0 Å². The molecule has 0 aliphatic heterocycles. The number of ether oxygens (including phenoxy) is 2. The average molecular weight is 260 g/mol. The van der Waals surface area contributed by atoms with Crippen molar-refractivity contribution in [3.05, 3.63) is 0 Å². The Morgan fingerprint density at radius 2 is 1.89 bits per heavy atom. The maximum atomic E-state index is 11.3. The summed E-state index contributed by atoms with van der Waals surface area (Å²) in [5.41, 5.74) is 5.12. The minimum absolute atomic E-state index is 0.208. The lowest BCUT2D eigenvalue weighted by Crippen LogP contribution is -2.37. The van der Waals surface area contributed by atoms with E-state index < -0.39 is 0 Å². The second kappa shape index (κ2) is 8.88. The molecule has 6 heteroatoms. The molecule has 106 valence electrons. The molecule has 1 unspecified atom stereocenters. The van der Waals surface area contributed by atoms with E-state index in [1.807, 2.05) is 20.8 Å². The van der Waals surface area contributed by atoms with Crippen molar-refractivity contribution >= 4 is 12.3 Å². The fourth-order valence-electron chi connectivity index (χ4n) is 1.37. The van der Waals surface area contributed by atoms with Crippen molar-refractivity contribution < 1.29 is 19.1 Å². The molecule has 0 aromatic carbocycles. The SMILES string of the molecule is CC(C)(C)C(COCCOCCNC=O)C(N)=O. The molecular weight excluding hydrogens is 236 g/mol. The predicted octanol–water partition coefficient (Wildman–Crippen LogP) is -0.0868.